The number of hydrogen-bond acceptors (Lipinski definition) is 5. The lowest BCUT2D eigenvalue weighted by molar-refractivity contribution is -0.137. The maximum Gasteiger partial charge on any atom is 0.416 e. The third kappa shape index (κ3) is 3.97. The van der Waals surface area contributed by atoms with Crippen molar-refractivity contribution in [1.82, 2.24) is 15.0 Å². The Balaban J connectivity index is 1.60. The first-order valence-electron chi connectivity index (χ1n) is 8.13. The predicted octanol–water partition coefficient (Wildman–Crippen LogP) is 2.93. The summed E-state index contributed by atoms with van der Waals surface area (Å²) in [5.74, 6) is 0.420. The van der Waals surface area contributed by atoms with Gasteiger partial charge < -0.3 is 14.2 Å². The van der Waals surface area contributed by atoms with Crippen molar-refractivity contribution < 1.29 is 27.2 Å². The number of amides is 1. The second kappa shape index (κ2) is 6.97. The highest BCUT2D eigenvalue weighted by atomic mass is 19.4. The molecule has 0 N–H and O–H groups in total. The minimum Gasteiger partial charge on any atom is -0.472 e. The quantitative estimate of drug-likeness (QED) is 0.829. The van der Waals surface area contributed by atoms with E-state index in [9.17, 15) is 18.0 Å². The summed E-state index contributed by atoms with van der Waals surface area (Å²) in [5, 5.41) is 3.82. The summed E-state index contributed by atoms with van der Waals surface area (Å²) in [4.78, 5) is 17.9. The molecule has 0 spiro atoms. The van der Waals surface area contributed by atoms with Gasteiger partial charge in [-0.3, -0.25) is 4.79 Å². The number of aromatic nitrogens is 2. The fraction of sp³-hybridized carbons (Fsp3) is 0.471. The van der Waals surface area contributed by atoms with Crippen LogP contribution in [0.25, 0.3) is 0 Å². The number of alkyl halides is 3. The first kappa shape index (κ1) is 18.2. The standard InChI is InChI=1S/C17H18F3N3O3/c1-10-14(11(2)26-22-10)8-16(24)23-6-4-13(9-23)25-15-7-12(3-5-21-15)17(18,19)20/h3,5,7,13H,4,6,8-9H2,1-2H3. The van der Waals surface area contributed by atoms with Gasteiger partial charge in [-0.1, -0.05) is 5.16 Å². The van der Waals surface area contributed by atoms with Crippen LogP contribution in [-0.2, 0) is 17.4 Å². The lowest BCUT2D eigenvalue weighted by atomic mass is 10.1. The zero-order valence-corrected chi connectivity index (χ0v) is 14.3. The van der Waals surface area contributed by atoms with E-state index in [4.69, 9.17) is 9.26 Å². The number of hydrogen-bond donors (Lipinski definition) is 0. The monoisotopic (exact) mass is 369 g/mol. The summed E-state index contributed by atoms with van der Waals surface area (Å²) < 4.78 is 48.8. The van der Waals surface area contributed by atoms with Gasteiger partial charge in [0.05, 0.1) is 24.2 Å². The van der Waals surface area contributed by atoms with E-state index < -0.39 is 11.7 Å². The largest absolute Gasteiger partial charge is 0.472 e. The summed E-state index contributed by atoms with van der Waals surface area (Å²) in [6.45, 7) is 4.30. The highest BCUT2D eigenvalue weighted by molar-refractivity contribution is 5.79. The van der Waals surface area contributed by atoms with Crippen molar-refractivity contribution in [1.29, 1.82) is 0 Å². The topological polar surface area (TPSA) is 68.5 Å². The number of likely N-dealkylation sites (tertiary alicyclic amines) is 1. The van der Waals surface area contributed by atoms with Gasteiger partial charge in [0.2, 0.25) is 11.8 Å². The van der Waals surface area contributed by atoms with Crippen molar-refractivity contribution >= 4 is 5.91 Å². The van der Waals surface area contributed by atoms with Crippen LogP contribution in [-0.4, -0.2) is 40.1 Å². The minimum absolute atomic E-state index is 0.0927. The van der Waals surface area contributed by atoms with Crippen LogP contribution < -0.4 is 4.74 Å². The van der Waals surface area contributed by atoms with Gasteiger partial charge in [-0.25, -0.2) is 4.98 Å². The Labute approximate surface area is 147 Å². The number of halogens is 3. The van der Waals surface area contributed by atoms with Crippen LogP contribution in [0, 0.1) is 13.8 Å². The molecule has 0 aliphatic carbocycles. The molecule has 26 heavy (non-hydrogen) atoms. The maximum absolute atomic E-state index is 12.7. The molecule has 1 unspecified atom stereocenters. The zero-order chi connectivity index (χ0) is 18.9. The number of pyridine rings is 1. The molecule has 6 nitrogen and oxygen atoms in total. The Hall–Kier alpha value is -2.58. The number of aryl methyl sites for hydroxylation is 2. The van der Waals surface area contributed by atoms with Crippen molar-refractivity contribution in [3.05, 3.63) is 40.9 Å². The fourth-order valence-electron chi connectivity index (χ4n) is 2.89. The van der Waals surface area contributed by atoms with Gasteiger partial charge in [0.15, 0.2) is 0 Å². The second-order valence-corrected chi connectivity index (χ2v) is 6.23. The fourth-order valence-corrected chi connectivity index (χ4v) is 2.89. The average Bonchev–Trinajstić information content (AvgIpc) is 3.16. The molecule has 1 amide bonds. The van der Waals surface area contributed by atoms with Crippen LogP contribution in [0.3, 0.4) is 0 Å². The van der Waals surface area contributed by atoms with E-state index in [0.29, 0.717) is 31.0 Å². The van der Waals surface area contributed by atoms with E-state index in [0.717, 1.165) is 23.9 Å². The van der Waals surface area contributed by atoms with Gasteiger partial charge in [0.25, 0.3) is 0 Å². The first-order chi connectivity index (χ1) is 12.2. The Kier molecular flexibility index (Phi) is 4.88. The van der Waals surface area contributed by atoms with Crippen molar-refractivity contribution in [2.75, 3.05) is 13.1 Å². The highest BCUT2D eigenvalue weighted by Crippen LogP contribution is 2.31. The summed E-state index contributed by atoms with van der Waals surface area (Å²) in [6, 6.07) is 1.76. The first-order valence-corrected chi connectivity index (χ1v) is 8.13. The van der Waals surface area contributed by atoms with Crippen LogP contribution in [0.4, 0.5) is 13.2 Å². The van der Waals surface area contributed by atoms with Crippen LogP contribution in [0.5, 0.6) is 5.88 Å². The van der Waals surface area contributed by atoms with Gasteiger partial charge >= 0.3 is 6.18 Å². The average molecular weight is 369 g/mol. The second-order valence-electron chi connectivity index (χ2n) is 6.23. The normalized spacial score (nSPS) is 17.6. The Morgan fingerprint density at radius 3 is 2.85 bits per heavy atom. The molecule has 1 saturated heterocycles. The summed E-state index contributed by atoms with van der Waals surface area (Å²) in [7, 11) is 0. The molecule has 3 heterocycles. The molecule has 0 bridgehead atoms. The van der Waals surface area contributed by atoms with Crippen LogP contribution >= 0.6 is 0 Å². The van der Waals surface area contributed by atoms with Gasteiger partial charge in [0, 0.05) is 30.8 Å². The minimum atomic E-state index is -4.45. The van der Waals surface area contributed by atoms with Crippen LogP contribution in [0.1, 0.15) is 29.0 Å². The van der Waals surface area contributed by atoms with Crippen molar-refractivity contribution in [2.45, 2.75) is 39.0 Å². The van der Waals surface area contributed by atoms with E-state index in [1.54, 1.807) is 18.7 Å². The van der Waals surface area contributed by atoms with Crippen LogP contribution in [0.15, 0.2) is 22.9 Å². The van der Waals surface area contributed by atoms with Crippen molar-refractivity contribution in [3.63, 3.8) is 0 Å². The smallest absolute Gasteiger partial charge is 0.416 e. The van der Waals surface area contributed by atoms with E-state index in [1.165, 1.54) is 0 Å². The lowest BCUT2D eigenvalue weighted by Crippen LogP contribution is -2.32. The molecule has 0 saturated carbocycles. The molecule has 1 atom stereocenters. The SMILES string of the molecule is Cc1noc(C)c1CC(=O)N1CCC(Oc2cc(C(F)(F)F)ccn2)C1. The van der Waals surface area contributed by atoms with E-state index in [-0.39, 0.29) is 24.3 Å². The van der Waals surface area contributed by atoms with E-state index in [2.05, 4.69) is 10.1 Å². The molecular formula is C17H18F3N3O3. The summed E-state index contributed by atoms with van der Waals surface area (Å²) in [5.41, 5.74) is 0.627. The van der Waals surface area contributed by atoms with Crippen LogP contribution in [0.2, 0.25) is 0 Å². The van der Waals surface area contributed by atoms with Gasteiger partial charge in [0.1, 0.15) is 11.9 Å². The molecule has 1 fully saturated rings. The van der Waals surface area contributed by atoms with E-state index in [1.807, 2.05) is 0 Å². The molecule has 1 aliphatic rings. The molecule has 9 heteroatoms. The zero-order valence-electron chi connectivity index (χ0n) is 14.3. The van der Waals surface area contributed by atoms with Crippen molar-refractivity contribution in [2.24, 2.45) is 0 Å². The molecule has 140 valence electrons. The Morgan fingerprint density at radius 2 is 2.19 bits per heavy atom. The third-order valence-corrected chi connectivity index (χ3v) is 4.36. The molecule has 2 aromatic rings. The molecule has 0 aromatic carbocycles. The Bertz CT molecular complexity index is 785. The molecule has 1 aliphatic heterocycles. The highest BCUT2D eigenvalue weighted by Gasteiger charge is 2.32. The summed E-state index contributed by atoms with van der Waals surface area (Å²) >= 11 is 0. The number of rotatable bonds is 4. The molecular weight excluding hydrogens is 351 g/mol. The van der Waals surface area contributed by atoms with E-state index >= 15 is 0 Å². The molecule has 2 aromatic heterocycles. The number of ether oxygens (including phenoxy) is 1. The number of carbonyl (C=O) groups is 1. The summed E-state index contributed by atoms with van der Waals surface area (Å²) in [6.07, 6.45) is -3.07. The lowest BCUT2D eigenvalue weighted by Gasteiger charge is -2.17. The molecule has 3 rings (SSSR count). The predicted molar refractivity (Wildman–Crippen MR) is 84.5 cm³/mol. The number of carbonyl (C=O) groups excluding carboxylic acids is 1. The van der Waals surface area contributed by atoms with Gasteiger partial charge in [-0.05, 0) is 19.9 Å². The Morgan fingerprint density at radius 1 is 1.42 bits per heavy atom. The maximum atomic E-state index is 12.7. The third-order valence-electron chi connectivity index (χ3n) is 4.36. The van der Waals surface area contributed by atoms with Gasteiger partial charge in [-0.2, -0.15) is 13.2 Å². The number of nitrogens with zero attached hydrogens (tertiary/aromatic N) is 3. The molecule has 0 radical (unpaired) electrons. The van der Waals surface area contributed by atoms with Crippen molar-refractivity contribution in [3.8, 4) is 5.88 Å². The van der Waals surface area contributed by atoms with Gasteiger partial charge in [-0.15, -0.1) is 0 Å².